The fourth-order valence-electron chi connectivity index (χ4n) is 7.86. The van der Waals surface area contributed by atoms with E-state index in [0.29, 0.717) is 0 Å². The summed E-state index contributed by atoms with van der Waals surface area (Å²) in [5.41, 5.74) is 12.7. The van der Waals surface area contributed by atoms with E-state index in [2.05, 4.69) is 129 Å². The maximum absolute atomic E-state index is 10.1. The van der Waals surface area contributed by atoms with Gasteiger partial charge in [0.1, 0.15) is 6.54 Å². The Bertz CT molecular complexity index is 1840. The van der Waals surface area contributed by atoms with Crippen LogP contribution in [0.2, 0.25) is 0 Å². The molecule has 0 aromatic heterocycles. The van der Waals surface area contributed by atoms with Gasteiger partial charge in [0.05, 0.1) is 5.41 Å². The summed E-state index contributed by atoms with van der Waals surface area (Å²) in [7, 11) is 0. The summed E-state index contributed by atoms with van der Waals surface area (Å²) in [4.78, 5) is 2.46. The van der Waals surface area contributed by atoms with Gasteiger partial charge < -0.3 is 20.4 Å². The van der Waals surface area contributed by atoms with Gasteiger partial charge in [-0.05, 0) is 99.9 Å². The van der Waals surface area contributed by atoms with Crippen molar-refractivity contribution in [2.75, 3.05) is 24.5 Å². The number of likely N-dealkylation sites (N-methyl/N-ethyl adjacent to an activating group) is 1. The van der Waals surface area contributed by atoms with Gasteiger partial charge in [0.15, 0.2) is 17.2 Å². The molecule has 3 aromatic carbocycles. The fraction of sp³-hybridized carbons (Fsp3) is 0.357. The Kier molecular flexibility index (Phi) is 8.93. The number of phenols is 2. The van der Waals surface area contributed by atoms with Crippen LogP contribution in [0.5, 0.6) is 11.5 Å². The molecule has 0 fully saturated rings. The lowest BCUT2D eigenvalue weighted by atomic mass is 9.81. The van der Waals surface area contributed by atoms with Gasteiger partial charge in [-0.15, -0.1) is 0 Å². The Labute approximate surface area is 281 Å². The zero-order chi connectivity index (χ0) is 33.3. The summed E-state index contributed by atoms with van der Waals surface area (Å²) in [6, 6.07) is 22.7. The predicted octanol–water partition coefficient (Wildman–Crippen LogP) is 8.95. The van der Waals surface area contributed by atoms with E-state index < -0.39 is 0 Å². The zero-order valence-corrected chi connectivity index (χ0v) is 28.9. The molecule has 5 nitrogen and oxygen atoms in total. The molecule has 0 radical (unpaired) electrons. The van der Waals surface area contributed by atoms with E-state index in [4.69, 9.17) is 0 Å². The summed E-state index contributed by atoms with van der Waals surface area (Å²) in [6.07, 6.45) is 13.3. The number of hydrogen-bond acceptors (Lipinski definition) is 4. The number of benzene rings is 3. The molecule has 0 atom stereocenters. The predicted molar refractivity (Wildman–Crippen MR) is 195 cm³/mol. The molecule has 1 aliphatic carbocycles. The van der Waals surface area contributed by atoms with Crippen molar-refractivity contribution in [3.63, 3.8) is 0 Å². The number of phenolic OH excluding ortho intramolecular Hbond substituents is 2. The highest BCUT2D eigenvalue weighted by molar-refractivity contribution is 6.03. The molecule has 2 heterocycles. The van der Waals surface area contributed by atoms with Crippen molar-refractivity contribution in [3.8, 4) is 11.5 Å². The SMILES string of the molecule is CCN1/C(=C/C=C2\CCCC(/C=C/C3=[N+](CC)c4ccccc4C3(C)C)=C2NCCc2ccc(O)c(O)c2)C(C)(C)c2ccccc21. The summed E-state index contributed by atoms with van der Waals surface area (Å²) < 4.78 is 2.46. The van der Waals surface area contributed by atoms with Gasteiger partial charge in [0, 0.05) is 53.3 Å². The summed E-state index contributed by atoms with van der Waals surface area (Å²) in [5, 5.41) is 23.7. The van der Waals surface area contributed by atoms with Crippen LogP contribution in [-0.4, -0.2) is 40.1 Å². The first-order valence-electron chi connectivity index (χ1n) is 17.3. The molecule has 6 rings (SSSR count). The van der Waals surface area contributed by atoms with Gasteiger partial charge >= 0.3 is 0 Å². The molecular weight excluding hydrogens is 578 g/mol. The maximum atomic E-state index is 10.1. The Balaban J connectivity index is 1.38. The highest BCUT2D eigenvalue weighted by atomic mass is 16.3. The Morgan fingerprint density at radius 3 is 2.32 bits per heavy atom. The van der Waals surface area contributed by atoms with Crippen LogP contribution in [0.4, 0.5) is 11.4 Å². The van der Waals surface area contributed by atoms with Crippen LogP contribution in [0.25, 0.3) is 0 Å². The van der Waals surface area contributed by atoms with Crippen LogP contribution in [0.1, 0.15) is 77.5 Å². The van der Waals surface area contributed by atoms with Crippen molar-refractivity contribution < 1.29 is 14.8 Å². The third kappa shape index (κ3) is 5.93. The fourth-order valence-corrected chi connectivity index (χ4v) is 7.86. The van der Waals surface area contributed by atoms with E-state index in [1.807, 2.05) is 6.07 Å². The molecule has 0 bridgehead atoms. The van der Waals surface area contributed by atoms with Crippen molar-refractivity contribution in [2.24, 2.45) is 0 Å². The highest BCUT2D eigenvalue weighted by Crippen LogP contribution is 2.47. The van der Waals surface area contributed by atoms with Crippen molar-refractivity contribution in [1.82, 2.24) is 5.32 Å². The lowest BCUT2D eigenvalue weighted by Crippen LogP contribution is -2.28. The average Bonchev–Trinajstić information content (AvgIpc) is 3.42. The Hall–Kier alpha value is -4.51. The molecule has 3 aromatic rings. The topological polar surface area (TPSA) is 58.7 Å². The second-order valence-corrected chi connectivity index (χ2v) is 14.0. The largest absolute Gasteiger partial charge is 0.504 e. The minimum atomic E-state index is -0.0869. The minimum Gasteiger partial charge on any atom is -0.504 e. The van der Waals surface area contributed by atoms with Crippen LogP contribution in [0.15, 0.2) is 114 Å². The second-order valence-electron chi connectivity index (χ2n) is 14.0. The van der Waals surface area contributed by atoms with Crippen LogP contribution in [-0.2, 0) is 17.3 Å². The normalized spacial score (nSPS) is 20.1. The first-order chi connectivity index (χ1) is 22.6. The van der Waals surface area contributed by atoms with Gasteiger partial charge in [0.25, 0.3) is 0 Å². The standard InChI is InChI=1S/C42H49N3O2/c1-7-44-34-18-11-9-16-32(34)41(3,4)38(44)24-21-30-14-13-15-31(40(30)43-27-26-29-20-23-36(46)37(47)28-29)22-25-39-42(5,6)33-17-10-12-19-35(33)45(39)8-2/h9-12,16-25,28,46-47H,7-8,13-15,26-27H2,1-6H3/p+1/b30-21+,38-24+. The number of fused-ring (bicyclic) bond motifs is 2. The van der Waals surface area contributed by atoms with Crippen molar-refractivity contribution in [2.45, 2.75) is 78.1 Å². The number of hydrogen-bond donors (Lipinski definition) is 3. The van der Waals surface area contributed by atoms with Crippen LogP contribution >= 0.6 is 0 Å². The molecule has 244 valence electrons. The summed E-state index contributed by atoms with van der Waals surface area (Å²) in [6.45, 7) is 16.4. The number of allylic oxidation sites excluding steroid dienone is 7. The van der Waals surface area contributed by atoms with Crippen molar-refractivity contribution in [3.05, 3.63) is 130 Å². The molecule has 3 N–H and O–H groups in total. The van der Waals surface area contributed by atoms with Gasteiger partial charge in [0.2, 0.25) is 5.69 Å². The molecule has 0 spiro atoms. The second kappa shape index (κ2) is 12.9. The quantitative estimate of drug-likeness (QED) is 0.164. The van der Waals surface area contributed by atoms with Gasteiger partial charge in [-0.1, -0.05) is 68.5 Å². The number of aromatic hydroxyl groups is 2. The number of para-hydroxylation sites is 2. The van der Waals surface area contributed by atoms with Crippen molar-refractivity contribution in [1.29, 1.82) is 0 Å². The molecule has 0 saturated carbocycles. The third-order valence-corrected chi connectivity index (χ3v) is 10.4. The van der Waals surface area contributed by atoms with E-state index in [1.165, 1.54) is 50.8 Å². The number of nitrogens with zero attached hydrogens (tertiary/aromatic N) is 2. The maximum Gasteiger partial charge on any atom is 0.209 e. The number of rotatable bonds is 9. The Morgan fingerprint density at radius 1 is 0.830 bits per heavy atom. The van der Waals surface area contributed by atoms with E-state index in [9.17, 15) is 10.2 Å². The molecule has 3 aliphatic rings. The molecular formula is C42H50N3O2+. The van der Waals surface area contributed by atoms with Gasteiger partial charge in [-0.2, -0.15) is 4.58 Å². The minimum absolute atomic E-state index is 0.0754. The first-order valence-corrected chi connectivity index (χ1v) is 17.3. The lowest BCUT2D eigenvalue weighted by molar-refractivity contribution is -0.433. The van der Waals surface area contributed by atoms with Crippen LogP contribution < -0.4 is 10.2 Å². The molecule has 5 heteroatoms. The third-order valence-electron chi connectivity index (χ3n) is 10.4. The number of anilines is 1. The zero-order valence-electron chi connectivity index (χ0n) is 28.9. The lowest BCUT2D eigenvalue weighted by Gasteiger charge is -2.27. The van der Waals surface area contributed by atoms with Crippen LogP contribution in [0, 0.1) is 0 Å². The molecule has 2 aliphatic heterocycles. The molecule has 47 heavy (non-hydrogen) atoms. The van der Waals surface area contributed by atoms with Gasteiger partial charge in [-0.3, -0.25) is 0 Å². The number of nitrogens with one attached hydrogen (secondary N) is 1. The molecule has 0 saturated heterocycles. The monoisotopic (exact) mass is 628 g/mol. The van der Waals surface area contributed by atoms with E-state index >= 15 is 0 Å². The van der Waals surface area contributed by atoms with Crippen LogP contribution in [0.3, 0.4) is 0 Å². The molecule has 0 unspecified atom stereocenters. The van der Waals surface area contributed by atoms with E-state index in [-0.39, 0.29) is 22.3 Å². The first kappa shape index (κ1) is 32.4. The smallest absolute Gasteiger partial charge is 0.209 e. The average molecular weight is 629 g/mol. The summed E-state index contributed by atoms with van der Waals surface area (Å²) >= 11 is 0. The van der Waals surface area contributed by atoms with E-state index in [1.54, 1.807) is 12.1 Å². The highest BCUT2D eigenvalue weighted by Gasteiger charge is 2.43. The molecule has 0 amide bonds. The van der Waals surface area contributed by atoms with Gasteiger partial charge in [-0.25, -0.2) is 0 Å². The summed E-state index contributed by atoms with van der Waals surface area (Å²) in [5.74, 6) is -0.162. The Morgan fingerprint density at radius 2 is 1.57 bits per heavy atom. The van der Waals surface area contributed by atoms with Crippen molar-refractivity contribution >= 4 is 17.1 Å². The van der Waals surface area contributed by atoms with E-state index in [0.717, 1.165) is 50.9 Å².